The summed E-state index contributed by atoms with van der Waals surface area (Å²) in [4.78, 5) is 6.42. The van der Waals surface area contributed by atoms with Gasteiger partial charge in [0, 0.05) is 24.2 Å². The molecule has 0 spiro atoms. The Labute approximate surface area is 137 Å². The zero-order valence-electron chi connectivity index (χ0n) is 13.1. The molecule has 0 fully saturated rings. The van der Waals surface area contributed by atoms with Crippen LogP contribution in [0.5, 0.6) is 5.75 Å². The van der Waals surface area contributed by atoms with Crippen molar-refractivity contribution in [2.75, 3.05) is 19.1 Å². The van der Waals surface area contributed by atoms with Crippen LogP contribution in [0.15, 0.2) is 48.5 Å². The molecule has 0 amide bonds. The first kappa shape index (κ1) is 14.4. The second kappa shape index (κ2) is 5.45. The number of methoxy groups -OCH3 is 1. The molecule has 24 heavy (non-hydrogen) atoms. The fourth-order valence-corrected chi connectivity index (χ4v) is 2.73. The molecule has 4 rings (SSSR count). The molecule has 2 aromatic heterocycles. The Balaban J connectivity index is 2.04. The van der Waals surface area contributed by atoms with Gasteiger partial charge in [-0.05, 0) is 24.3 Å². The third-order valence-electron chi connectivity index (χ3n) is 3.96. The standard InChI is InChI=1S/C17H14FN5O/c1-22(11-6-4-3-5-7-11)15-13-9-8-12(24-2)10-14(13)23-16(18)20-21-17(23)19-15/h3-10H,1-2H3. The summed E-state index contributed by atoms with van der Waals surface area (Å²) in [6.45, 7) is 0. The van der Waals surface area contributed by atoms with Crippen molar-refractivity contribution >= 4 is 28.2 Å². The van der Waals surface area contributed by atoms with Crippen LogP contribution >= 0.6 is 0 Å². The third-order valence-corrected chi connectivity index (χ3v) is 3.96. The topological polar surface area (TPSA) is 55.5 Å². The molecule has 0 aliphatic heterocycles. The fourth-order valence-electron chi connectivity index (χ4n) is 2.73. The molecule has 0 saturated carbocycles. The number of nitrogens with zero attached hydrogens (tertiary/aromatic N) is 5. The SMILES string of the molecule is COc1ccc2c(N(C)c3ccccc3)nc3nnc(F)n3c2c1. The highest BCUT2D eigenvalue weighted by Crippen LogP contribution is 2.32. The number of rotatable bonds is 3. The minimum Gasteiger partial charge on any atom is -0.497 e. The molecule has 2 heterocycles. The monoisotopic (exact) mass is 323 g/mol. The Kier molecular flexibility index (Phi) is 3.26. The summed E-state index contributed by atoms with van der Waals surface area (Å²) in [6.07, 6.45) is -0.704. The molecule has 2 aromatic carbocycles. The van der Waals surface area contributed by atoms with Gasteiger partial charge >= 0.3 is 6.08 Å². The molecule has 0 radical (unpaired) electrons. The zero-order chi connectivity index (χ0) is 16.7. The lowest BCUT2D eigenvalue weighted by atomic mass is 10.2. The molecular formula is C17H14FN5O. The lowest BCUT2D eigenvalue weighted by molar-refractivity contribution is 0.415. The first-order valence-corrected chi connectivity index (χ1v) is 7.36. The van der Waals surface area contributed by atoms with Crippen molar-refractivity contribution in [2.24, 2.45) is 0 Å². The zero-order valence-corrected chi connectivity index (χ0v) is 13.1. The molecule has 7 heteroatoms. The van der Waals surface area contributed by atoms with Gasteiger partial charge in [-0.2, -0.15) is 9.37 Å². The molecule has 0 saturated heterocycles. The quantitative estimate of drug-likeness (QED) is 0.579. The molecule has 0 bridgehead atoms. The number of ether oxygens (including phenoxy) is 1. The molecule has 4 aromatic rings. The van der Waals surface area contributed by atoms with E-state index in [9.17, 15) is 4.39 Å². The van der Waals surface area contributed by atoms with Gasteiger partial charge in [-0.25, -0.2) is 4.40 Å². The molecular weight excluding hydrogens is 309 g/mol. The van der Waals surface area contributed by atoms with Gasteiger partial charge in [0.1, 0.15) is 11.6 Å². The highest BCUT2D eigenvalue weighted by atomic mass is 19.1. The molecule has 0 aliphatic carbocycles. The smallest absolute Gasteiger partial charge is 0.315 e. The number of benzene rings is 2. The van der Waals surface area contributed by atoms with Crippen LogP contribution in [-0.4, -0.2) is 33.7 Å². The lowest BCUT2D eigenvalue weighted by Crippen LogP contribution is -2.13. The third kappa shape index (κ3) is 2.13. The predicted molar refractivity (Wildman–Crippen MR) is 89.3 cm³/mol. The highest BCUT2D eigenvalue weighted by Gasteiger charge is 2.17. The van der Waals surface area contributed by atoms with E-state index in [1.807, 2.05) is 54.4 Å². The van der Waals surface area contributed by atoms with Crippen LogP contribution < -0.4 is 9.64 Å². The van der Waals surface area contributed by atoms with Crippen molar-refractivity contribution in [2.45, 2.75) is 0 Å². The van der Waals surface area contributed by atoms with Gasteiger partial charge in [0.25, 0.3) is 5.78 Å². The van der Waals surface area contributed by atoms with Crippen molar-refractivity contribution in [3.05, 3.63) is 54.6 Å². The summed E-state index contributed by atoms with van der Waals surface area (Å²) in [7, 11) is 3.48. The van der Waals surface area contributed by atoms with E-state index >= 15 is 0 Å². The predicted octanol–water partition coefficient (Wildman–Crippen LogP) is 3.19. The minimum absolute atomic E-state index is 0.200. The highest BCUT2D eigenvalue weighted by molar-refractivity contribution is 5.94. The number of hydrogen-bond acceptors (Lipinski definition) is 5. The van der Waals surface area contributed by atoms with E-state index in [4.69, 9.17) is 4.74 Å². The van der Waals surface area contributed by atoms with Crippen molar-refractivity contribution in [1.29, 1.82) is 0 Å². The van der Waals surface area contributed by atoms with Gasteiger partial charge < -0.3 is 9.64 Å². The lowest BCUT2D eigenvalue weighted by Gasteiger charge is -2.20. The number of hydrogen-bond donors (Lipinski definition) is 0. The van der Waals surface area contributed by atoms with E-state index in [0.29, 0.717) is 17.1 Å². The first-order valence-electron chi connectivity index (χ1n) is 7.36. The average Bonchev–Trinajstić information content (AvgIpc) is 3.01. The van der Waals surface area contributed by atoms with E-state index in [-0.39, 0.29) is 5.78 Å². The summed E-state index contributed by atoms with van der Waals surface area (Å²) in [5.41, 5.74) is 1.56. The molecule has 0 N–H and O–H groups in total. The minimum atomic E-state index is -0.704. The number of anilines is 2. The second-order valence-corrected chi connectivity index (χ2v) is 5.32. The Morgan fingerprint density at radius 1 is 1.08 bits per heavy atom. The van der Waals surface area contributed by atoms with E-state index in [2.05, 4.69) is 15.2 Å². The Bertz CT molecular complexity index is 1030. The first-order chi connectivity index (χ1) is 11.7. The number of halogens is 1. The largest absolute Gasteiger partial charge is 0.497 e. The van der Waals surface area contributed by atoms with Crippen molar-refractivity contribution in [3.8, 4) is 5.75 Å². The van der Waals surface area contributed by atoms with E-state index < -0.39 is 6.08 Å². The molecule has 6 nitrogen and oxygen atoms in total. The van der Waals surface area contributed by atoms with E-state index in [1.165, 1.54) is 4.40 Å². The molecule has 0 unspecified atom stereocenters. The fraction of sp³-hybridized carbons (Fsp3) is 0.118. The van der Waals surface area contributed by atoms with Crippen LogP contribution in [0.1, 0.15) is 0 Å². The van der Waals surface area contributed by atoms with Crippen molar-refractivity contribution < 1.29 is 9.13 Å². The Morgan fingerprint density at radius 3 is 2.62 bits per heavy atom. The van der Waals surface area contributed by atoms with Crippen molar-refractivity contribution in [1.82, 2.24) is 19.6 Å². The number of fused-ring (bicyclic) bond motifs is 3. The van der Waals surface area contributed by atoms with Crippen LogP contribution in [0.25, 0.3) is 16.7 Å². The number of para-hydroxylation sites is 1. The van der Waals surface area contributed by atoms with E-state index in [0.717, 1.165) is 11.1 Å². The van der Waals surface area contributed by atoms with Crippen LogP contribution in [0, 0.1) is 6.08 Å². The summed E-state index contributed by atoms with van der Waals surface area (Å²) in [5.74, 6) is 1.49. The van der Waals surface area contributed by atoms with Gasteiger partial charge in [-0.15, -0.1) is 5.10 Å². The molecule has 0 atom stereocenters. The average molecular weight is 323 g/mol. The summed E-state index contributed by atoms with van der Waals surface area (Å²) >= 11 is 0. The van der Waals surface area contributed by atoms with Crippen LogP contribution in [-0.2, 0) is 0 Å². The van der Waals surface area contributed by atoms with Gasteiger partial charge in [-0.3, -0.25) is 0 Å². The van der Waals surface area contributed by atoms with Crippen LogP contribution in [0.3, 0.4) is 0 Å². The normalized spacial score (nSPS) is 11.1. The van der Waals surface area contributed by atoms with Crippen LogP contribution in [0.2, 0.25) is 0 Å². The summed E-state index contributed by atoms with van der Waals surface area (Å²) < 4.78 is 20.6. The van der Waals surface area contributed by atoms with Gasteiger partial charge in [0.15, 0.2) is 0 Å². The maximum absolute atomic E-state index is 14.1. The summed E-state index contributed by atoms with van der Waals surface area (Å²) in [5, 5.41) is 8.09. The van der Waals surface area contributed by atoms with Gasteiger partial charge in [0.2, 0.25) is 0 Å². The Hall–Kier alpha value is -3.22. The maximum Gasteiger partial charge on any atom is 0.315 e. The van der Waals surface area contributed by atoms with Crippen LogP contribution in [0.4, 0.5) is 15.9 Å². The van der Waals surface area contributed by atoms with Gasteiger partial charge in [-0.1, -0.05) is 23.3 Å². The molecule has 0 aliphatic rings. The van der Waals surface area contributed by atoms with Gasteiger partial charge in [0.05, 0.1) is 12.6 Å². The van der Waals surface area contributed by atoms with E-state index in [1.54, 1.807) is 13.2 Å². The molecule has 120 valence electrons. The number of aromatic nitrogens is 4. The Morgan fingerprint density at radius 2 is 1.88 bits per heavy atom. The summed E-state index contributed by atoms with van der Waals surface area (Å²) in [6, 6.07) is 15.2. The maximum atomic E-state index is 14.1. The second-order valence-electron chi connectivity index (χ2n) is 5.32. The van der Waals surface area contributed by atoms with Crippen molar-refractivity contribution in [3.63, 3.8) is 0 Å².